The average molecular weight is 538 g/mol. The summed E-state index contributed by atoms with van der Waals surface area (Å²) in [7, 11) is 1.72. The number of fused-ring (bicyclic) bond motifs is 1. The summed E-state index contributed by atoms with van der Waals surface area (Å²) in [4.78, 5) is 31.7. The zero-order valence-corrected chi connectivity index (χ0v) is 23.5. The van der Waals surface area contributed by atoms with Crippen LogP contribution in [0.5, 0.6) is 11.5 Å². The van der Waals surface area contributed by atoms with Crippen LogP contribution in [0.4, 0.5) is 4.79 Å². The summed E-state index contributed by atoms with van der Waals surface area (Å²) in [6.07, 6.45) is 6.91. The van der Waals surface area contributed by atoms with Crippen LogP contribution in [0.2, 0.25) is 0 Å². The first kappa shape index (κ1) is 28.4. The number of hydrogen-bond acceptors (Lipinski definition) is 5. The van der Waals surface area contributed by atoms with Crippen LogP contribution in [0.15, 0.2) is 71.5 Å². The van der Waals surface area contributed by atoms with Crippen molar-refractivity contribution in [2.24, 2.45) is 0 Å². The summed E-state index contributed by atoms with van der Waals surface area (Å²) in [6, 6.07) is 20.8. The number of ether oxygens (including phenoxy) is 2. The van der Waals surface area contributed by atoms with E-state index in [2.05, 4.69) is 43.8 Å². The Balaban J connectivity index is 1.66. The van der Waals surface area contributed by atoms with Crippen LogP contribution in [0, 0.1) is 12.3 Å². The largest absolute Gasteiger partial charge is 0.481 e. The van der Waals surface area contributed by atoms with Gasteiger partial charge >= 0.3 is 11.8 Å². The molecule has 0 aliphatic rings. The van der Waals surface area contributed by atoms with Crippen LogP contribution in [0.1, 0.15) is 50.7 Å². The number of aromatic nitrogens is 2. The van der Waals surface area contributed by atoms with E-state index in [0.29, 0.717) is 36.2 Å². The van der Waals surface area contributed by atoms with Crippen molar-refractivity contribution in [2.75, 3.05) is 20.2 Å². The van der Waals surface area contributed by atoms with Gasteiger partial charge in [-0.05, 0) is 53.8 Å². The highest BCUT2D eigenvalue weighted by Gasteiger charge is 2.15. The summed E-state index contributed by atoms with van der Waals surface area (Å²) in [5.41, 5.74) is 3.88. The second kappa shape index (κ2) is 13.0. The first-order chi connectivity index (χ1) is 19.3. The molecule has 0 aliphatic heterocycles. The standard InChI is InChI=1S/C33H35N3O4/c1-6-8-19-35(5)33(38)40-27-15-9-24(10-16-27)22-36-30-18-17-28(39-20-7-2)21-29(30)31(34-32(36)37)26-13-11-25(12-14-26)23(3)4/h2,9-18,21,23H,6,8,19-20,22H2,1,3-5H3. The first-order valence-corrected chi connectivity index (χ1v) is 13.5. The second-order valence-corrected chi connectivity index (χ2v) is 10.1. The van der Waals surface area contributed by atoms with Crippen molar-refractivity contribution >= 4 is 17.0 Å². The molecule has 3 aromatic carbocycles. The summed E-state index contributed by atoms with van der Waals surface area (Å²) in [5, 5.41) is 0.784. The average Bonchev–Trinajstić information content (AvgIpc) is 2.96. The Kier molecular flexibility index (Phi) is 9.23. The van der Waals surface area contributed by atoms with E-state index in [9.17, 15) is 9.59 Å². The number of carbonyl (C=O) groups is 1. The quantitative estimate of drug-likeness (QED) is 0.217. The van der Waals surface area contributed by atoms with Crippen LogP contribution in [0.3, 0.4) is 0 Å². The van der Waals surface area contributed by atoms with Gasteiger partial charge < -0.3 is 14.4 Å². The Bertz CT molecular complexity index is 1570. The van der Waals surface area contributed by atoms with Crippen molar-refractivity contribution in [3.05, 3.63) is 88.3 Å². The molecule has 4 aromatic rings. The Hall–Kier alpha value is -4.57. The third-order valence-corrected chi connectivity index (χ3v) is 6.75. The number of amides is 1. The summed E-state index contributed by atoms with van der Waals surface area (Å²) >= 11 is 0. The zero-order valence-electron chi connectivity index (χ0n) is 23.5. The molecule has 0 N–H and O–H groups in total. The van der Waals surface area contributed by atoms with Gasteiger partial charge in [-0.1, -0.05) is 69.5 Å². The summed E-state index contributed by atoms with van der Waals surface area (Å²) in [5.74, 6) is 3.93. The molecule has 1 amide bonds. The highest BCUT2D eigenvalue weighted by Crippen LogP contribution is 2.30. The van der Waals surface area contributed by atoms with Gasteiger partial charge in [0.25, 0.3) is 0 Å². The molecule has 4 rings (SSSR count). The van der Waals surface area contributed by atoms with Gasteiger partial charge in [-0.15, -0.1) is 6.42 Å². The van der Waals surface area contributed by atoms with Crippen molar-refractivity contribution in [2.45, 2.75) is 46.1 Å². The van der Waals surface area contributed by atoms with Crippen LogP contribution in [0.25, 0.3) is 22.2 Å². The lowest BCUT2D eigenvalue weighted by Crippen LogP contribution is -2.30. The van der Waals surface area contributed by atoms with Crippen LogP contribution in [-0.4, -0.2) is 40.7 Å². The SMILES string of the molecule is C#CCOc1ccc2c(c1)c(-c1ccc(C(C)C)cc1)nc(=O)n2Cc1ccc(OC(=O)N(C)CCCC)cc1. The van der Waals surface area contributed by atoms with E-state index in [-0.39, 0.29) is 12.3 Å². The summed E-state index contributed by atoms with van der Waals surface area (Å²) in [6.45, 7) is 7.44. The third-order valence-electron chi connectivity index (χ3n) is 6.75. The maximum atomic E-state index is 13.4. The van der Waals surface area contributed by atoms with Gasteiger partial charge in [0.15, 0.2) is 0 Å². The van der Waals surface area contributed by atoms with Crippen molar-refractivity contribution in [3.63, 3.8) is 0 Å². The molecule has 206 valence electrons. The maximum absolute atomic E-state index is 13.4. The minimum atomic E-state index is -0.396. The van der Waals surface area contributed by atoms with E-state index in [1.54, 1.807) is 34.7 Å². The molecule has 1 heterocycles. The fraction of sp³-hybridized carbons (Fsp3) is 0.303. The third kappa shape index (κ3) is 6.70. The van der Waals surface area contributed by atoms with Gasteiger partial charge in [-0.2, -0.15) is 4.98 Å². The van der Waals surface area contributed by atoms with Crippen LogP contribution < -0.4 is 15.2 Å². The fourth-order valence-corrected chi connectivity index (χ4v) is 4.38. The lowest BCUT2D eigenvalue weighted by molar-refractivity contribution is 0.162. The lowest BCUT2D eigenvalue weighted by atomic mass is 9.99. The highest BCUT2D eigenvalue weighted by atomic mass is 16.6. The second-order valence-electron chi connectivity index (χ2n) is 10.1. The molecule has 0 bridgehead atoms. The number of nitrogens with zero attached hydrogens (tertiary/aromatic N) is 3. The minimum absolute atomic E-state index is 0.141. The predicted octanol–water partition coefficient (Wildman–Crippen LogP) is 6.48. The normalized spacial score (nSPS) is 10.9. The number of terminal acetylenes is 1. The van der Waals surface area contributed by atoms with E-state index in [4.69, 9.17) is 15.9 Å². The first-order valence-electron chi connectivity index (χ1n) is 13.5. The zero-order chi connectivity index (χ0) is 28.6. The number of benzene rings is 3. The topological polar surface area (TPSA) is 73.7 Å². The highest BCUT2D eigenvalue weighted by molar-refractivity contribution is 5.93. The van der Waals surface area contributed by atoms with Crippen LogP contribution >= 0.6 is 0 Å². The minimum Gasteiger partial charge on any atom is -0.481 e. The molecule has 0 spiro atoms. The van der Waals surface area contributed by atoms with E-state index < -0.39 is 6.09 Å². The molecule has 0 atom stereocenters. The van der Waals surface area contributed by atoms with Crippen molar-refractivity contribution < 1.29 is 14.3 Å². The van der Waals surface area contributed by atoms with Gasteiger partial charge in [0.05, 0.1) is 17.8 Å². The Morgan fingerprint density at radius 1 is 1.05 bits per heavy atom. The van der Waals surface area contributed by atoms with E-state index >= 15 is 0 Å². The molecule has 1 aromatic heterocycles. The molecule has 7 heteroatoms. The van der Waals surface area contributed by atoms with Crippen molar-refractivity contribution in [1.82, 2.24) is 14.5 Å². The molecule has 7 nitrogen and oxygen atoms in total. The smallest absolute Gasteiger partial charge is 0.414 e. The van der Waals surface area contributed by atoms with Gasteiger partial charge in [-0.3, -0.25) is 4.57 Å². The molecular weight excluding hydrogens is 502 g/mol. The number of carbonyl (C=O) groups excluding carboxylic acids is 1. The molecule has 0 unspecified atom stereocenters. The Morgan fingerprint density at radius 2 is 1.75 bits per heavy atom. The van der Waals surface area contributed by atoms with Crippen molar-refractivity contribution in [3.8, 4) is 35.1 Å². The molecule has 0 saturated heterocycles. The van der Waals surface area contributed by atoms with Gasteiger partial charge in [0.1, 0.15) is 18.1 Å². The maximum Gasteiger partial charge on any atom is 0.414 e. The fourth-order valence-electron chi connectivity index (χ4n) is 4.38. The monoisotopic (exact) mass is 537 g/mol. The molecule has 0 fully saturated rings. The number of unbranched alkanes of at least 4 members (excludes halogenated alkanes) is 1. The Morgan fingerprint density at radius 3 is 2.40 bits per heavy atom. The molecule has 0 aliphatic carbocycles. The summed E-state index contributed by atoms with van der Waals surface area (Å²) < 4.78 is 12.8. The number of hydrogen-bond donors (Lipinski definition) is 0. The number of rotatable bonds is 10. The van der Waals surface area contributed by atoms with Crippen LogP contribution in [-0.2, 0) is 6.54 Å². The van der Waals surface area contributed by atoms with Gasteiger partial charge in [-0.25, -0.2) is 9.59 Å². The molecule has 0 radical (unpaired) electrons. The van der Waals surface area contributed by atoms with Gasteiger partial charge in [0.2, 0.25) is 0 Å². The van der Waals surface area contributed by atoms with Gasteiger partial charge in [0, 0.05) is 24.5 Å². The lowest BCUT2D eigenvalue weighted by Gasteiger charge is -2.17. The molecule has 0 saturated carbocycles. The van der Waals surface area contributed by atoms with Crippen molar-refractivity contribution in [1.29, 1.82) is 0 Å². The predicted molar refractivity (Wildman–Crippen MR) is 159 cm³/mol. The molecule has 40 heavy (non-hydrogen) atoms. The van der Waals surface area contributed by atoms with E-state index in [1.165, 1.54) is 5.56 Å². The van der Waals surface area contributed by atoms with E-state index in [0.717, 1.165) is 34.9 Å². The molecular formula is C33H35N3O4. The van der Waals surface area contributed by atoms with E-state index in [1.807, 2.05) is 36.4 Å². The Labute approximate surface area is 235 Å².